The van der Waals surface area contributed by atoms with Gasteiger partial charge in [0.1, 0.15) is 5.82 Å². The summed E-state index contributed by atoms with van der Waals surface area (Å²) in [5.74, 6) is -0.223. The van der Waals surface area contributed by atoms with Crippen molar-refractivity contribution in [2.45, 2.75) is 19.0 Å². The first kappa shape index (κ1) is 20.1. The van der Waals surface area contributed by atoms with E-state index in [0.717, 1.165) is 36.7 Å². The molecular weight excluding hydrogens is 405 g/mol. The third-order valence-corrected chi connectivity index (χ3v) is 7.12. The predicted molar refractivity (Wildman–Crippen MR) is 118 cm³/mol. The zero-order valence-corrected chi connectivity index (χ0v) is 17.9. The number of hydrogen-bond acceptors (Lipinski definition) is 5. The van der Waals surface area contributed by atoms with E-state index in [2.05, 4.69) is 39.6 Å². The fourth-order valence-electron chi connectivity index (χ4n) is 3.88. The summed E-state index contributed by atoms with van der Waals surface area (Å²) < 4.78 is 13.2. The lowest BCUT2D eigenvalue weighted by molar-refractivity contribution is 0.0894. The van der Waals surface area contributed by atoms with Crippen LogP contribution >= 0.6 is 22.7 Å². The quantitative estimate of drug-likeness (QED) is 0.621. The third kappa shape index (κ3) is 4.69. The van der Waals surface area contributed by atoms with Gasteiger partial charge in [-0.1, -0.05) is 12.1 Å². The summed E-state index contributed by atoms with van der Waals surface area (Å²) >= 11 is 3.19. The van der Waals surface area contributed by atoms with Gasteiger partial charge in [-0.05, 0) is 54.1 Å². The molecule has 1 aromatic carbocycles. The predicted octanol–water partition coefficient (Wildman–Crippen LogP) is 4.63. The molecule has 152 valence electrons. The van der Waals surface area contributed by atoms with Crippen molar-refractivity contribution in [2.75, 3.05) is 31.1 Å². The van der Waals surface area contributed by atoms with Crippen molar-refractivity contribution < 1.29 is 9.18 Å². The van der Waals surface area contributed by atoms with E-state index in [0.29, 0.717) is 0 Å². The second-order valence-corrected chi connectivity index (χ2v) is 9.13. The van der Waals surface area contributed by atoms with E-state index >= 15 is 0 Å². The Kier molecular flexibility index (Phi) is 6.28. The number of piperazine rings is 1. The Balaban J connectivity index is 1.45. The normalized spacial score (nSPS) is 17.1. The molecule has 1 aliphatic heterocycles. The Morgan fingerprint density at radius 1 is 1.00 bits per heavy atom. The maximum absolute atomic E-state index is 13.2. The van der Waals surface area contributed by atoms with Crippen molar-refractivity contribution in [3.63, 3.8) is 0 Å². The average molecular weight is 430 g/mol. The smallest absolute Gasteiger partial charge is 0.261 e. The van der Waals surface area contributed by atoms with E-state index in [9.17, 15) is 9.18 Å². The van der Waals surface area contributed by atoms with Crippen molar-refractivity contribution in [1.29, 1.82) is 0 Å². The van der Waals surface area contributed by atoms with Gasteiger partial charge in [-0.15, -0.1) is 22.7 Å². The number of nitrogens with zero attached hydrogens (tertiary/aromatic N) is 2. The van der Waals surface area contributed by atoms with Gasteiger partial charge in [-0.3, -0.25) is 9.69 Å². The maximum Gasteiger partial charge on any atom is 0.261 e. The first-order valence-electron chi connectivity index (χ1n) is 9.74. The molecule has 4 rings (SSSR count). The third-order valence-electron chi connectivity index (χ3n) is 5.31. The van der Waals surface area contributed by atoms with Crippen LogP contribution in [-0.4, -0.2) is 43.0 Å². The summed E-state index contributed by atoms with van der Waals surface area (Å²) in [6.45, 7) is 5.61. The highest BCUT2D eigenvalue weighted by atomic mass is 32.1. The van der Waals surface area contributed by atoms with Crippen LogP contribution in [0.15, 0.2) is 59.3 Å². The van der Waals surface area contributed by atoms with Crippen LogP contribution < -0.4 is 10.2 Å². The molecule has 2 atom stereocenters. The fraction of sp³-hybridized carbons (Fsp3) is 0.318. The fourth-order valence-corrected chi connectivity index (χ4v) is 5.47. The van der Waals surface area contributed by atoms with E-state index in [1.165, 1.54) is 28.3 Å². The number of nitrogens with one attached hydrogen (secondary N) is 1. The standard InChI is InChI=1S/C22H24FN3OS2/c1-16(24-22(27)20-5-3-15-29-20)21(19-4-2-14-28-19)26-12-10-25(11-13-26)18-8-6-17(23)7-9-18/h2-9,14-16,21H,10-13H2,1H3,(H,24,27)/t16-,21-/m1/s1. The molecule has 0 radical (unpaired) electrons. The monoisotopic (exact) mass is 429 g/mol. The molecule has 2 aromatic heterocycles. The van der Waals surface area contributed by atoms with E-state index in [1.807, 2.05) is 29.6 Å². The first-order chi connectivity index (χ1) is 14.1. The van der Waals surface area contributed by atoms with Crippen LogP contribution in [0.3, 0.4) is 0 Å². The van der Waals surface area contributed by atoms with Gasteiger partial charge in [0, 0.05) is 42.8 Å². The van der Waals surface area contributed by atoms with Gasteiger partial charge < -0.3 is 10.2 Å². The van der Waals surface area contributed by atoms with Crippen molar-refractivity contribution in [3.8, 4) is 0 Å². The number of hydrogen-bond donors (Lipinski definition) is 1. The summed E-state index contributed by atoms with van der Waals surface area (Å²) in [6, 6.07) is 14.8. The molecule has 1 fully saturated rings. The minimum absolute atomic E-state index is 0.0133. The number of carbonyl (C=O) groups excluding carboxylic acids is 1. The van der Waals surface area contributed by atoms with Crippen LogP contribution in [-0.2, 0) is 0 Å². The van der Waals surface area contributed by atoms with Gasteiger partial charge in [0.25, 0.3) is 5.91 Å². The molecule has 0 unspecified atom stereocenters. The molecule has 29 heavy (non-hydrogen) atoms. The van der Waals surface area contributed by atoms with Gasteiger partial charge in [0.2, 0.25) is 0 Å². The van der Waals surface area contributed by atoms with E-state index in [1.54, 1.807) is 11.3 Å². The Hall–Kier alpha value is -2.22. The number of carbonyl (C=O) groups is 1. The van der Waals surface area contributed by atoms with Crippen LogP contribution in [0.4, 0.5) is 10.1 Å². The SMILES string of the molecule is C[C@@H](NC(=O)c1cccs1)[C@H](c1cccs1)N1CCN(c2ccc(F)cc2)CC1. The Morgan fingerprint density at radius 2 is 1.69 bits per heavy atom. The molecule has 0 aliphatic carbocycles. The van der Waals surface area contributed by atoms with Gasteiger partial charge in [-0.25, -0.2) is 4.39 Å². The van der Waals surface area contributed by atoms with E-state index in [-0.39, 0.29) is 23.8 Å². The van der Waals surface area contributed by atoms with E-state index in [4.69, 9.17) is 0 Å². The number of benzene rings is 1. The maximum atomic E-state index is 13.2. The first-order valence-corrected chi connectivity index (χ1v) is 11.5. The van der Waals surface area contributed by atoms with Crippen molar-refractivity contribution in [1.82, 2.24) is 10.2 Å². The molecule has 1 aliphatic rings. The molecule has 3 aromatic rings. The van der Waals surface area contributed by atoms with Crippen LogP contribution in [0, 0.1) is 5.82 Å². The molecular formula is C22H24FN3OS2. The largest absolute Gasteiger partial charge is 0.369 e. The lowest BCUT2D eigenvalue weighted by Crippen LogP contribution is -2.52. The van der Waals surface area contributed by atoms with Crippen LogP contribution in [0.1, 0.15) is 27.5 Å². The lowest BCUT2D eigenvalue weighted by atomic mass is 10.0. The van der Waals surface area contributed by atoms with Crippen molar-refractivity contribution in [2.24, 2.45) is 0 Å². The van der Waals surface area contributed by atoms with Crippen LogP contribution in [0.5, 0.6) is 0 Å². The van der Waals surface area contributed by atoms with Gasteiger partial charge in [-0.2, -0.15) is 0 Å². The van der Waals surface area contributed by atoms with Gasteiger partial charge in [0.15, 0.2) is 0 Å². The summed E-state index contributed by atoms with van der Waals surface area (Å²) in [5.41, 5.74) is 1.05. The van der Waals surface area contributed by atoms with Crippen molar-refractivity contribution >= 4 is 34.3 Å². The highest BCUT2D eigenvalue weighted by molar-refractivity contribution is 7.12. The Morgan fingerprint density at radius 3 is 2.31 bits per heavy atom. The van der Waals surface area contributed by atoms with E-state index < -0.39 is 0 Å². The molecule has 1 saturated heterocycles. The second kappa shape index (κ2) is 9.07. The van der Waals surface area contributed by atoms with Crippen LogP contribution in [0.2, 0.25) is 0 Å². The molecule has 1 amide bonds. The zero-order chi connectivity index (χ0) is 20.2. The lowest BCUT2D eigenvalue weighted by Gasteiger charge is -2.42. The highest BCUT2D eigenvalue weighted by Crippen LogP contribution is 2.30. The average Bonchev–Trinajstić information content (AvgIpc) is 3.44. The number of thiophene rings is 2. The van der Waals surface area contributed by atoms with Crippen LogP contribution in [0.25, 0.3) is 0 Å². The molecule has 7 heteroatoms. The van der Waals surface area contributed by atoms with Crippen molar-refractivity contribution in [3.05, 3.63) is 74.9 Å². The summed E-state index contributed by atoms with van der Waals surface area (Å²) in [6.07, 6.45) is 0. The summed E-state index contributed by atoms with van der Waals surface area (Å²) in [5, 5.41) is 7.21. The molecule has 3 heterocycles. The highest BCUT2D eigenvalue weighted by Gasteiger charge is 2.31. The number of amides is 1. The molecule has 1 N–H and O–H groups in total. The summed E-state index contributed by atoms with van der Waals surface area (Å²) in [4.78, 5) is 19.3. The minimum Gasteiger partial charge on any atom is -0.369 e. The molecule has 0 bridgehead atoms. The second-order valence-electron chi connectivity index (χ2n) is 7.20. The number of rotatable bonds is 6. The topological polar surface area (TPSA) is 35.6 Å². The van der Waals surface area contributed by atoms with Gasteiger partial charge in [0.05, 0.1) is 10.9 Å². The number of halogens is 1. The summed E-state index contributed by atoms with van der Waals surface area (Å²) in [7, 11) is 0. The molecule has 4 nitrogen and oxygen atoms in total. The minimum atomic E-state index is -0.208. The number of anilines is 1. The molecule has 0 spiro atoms. The zero-order valence-electron chi connectivity index (χ0n) is 16.3. The molecule has 0 saturated carbocycles. The Labute approximate surface area is 178 Å². The Bertz CT molecular complexity index is 904. The van der Waals surface area contributed by atoms with Gasteiger partial charge >= 0.3 is 0 Å².